The molecule has 0 heterocycles. The third kappa shape index (κ3) is 7.33. The van der Waals surface area contributed by atoms with Crippen LogP contribution >= 0.6 is 0 Å². The van der Waals surface area contributed by atoms with E-state index in [0.717, 1.165) is 23.3 Å². The van der Waals surface area contributed by atoms with Gasteiger partial charge in [0.25, 0.3) is 0 Å². The molecule has 0 unspecified atom stereocenters. The molecule has 0 aliphatic carbocycles. The lowest BCUT2D eigenvalue weighted by Crippen LogP contribution is -2.33. The summed E-state index contributed by atoms with van der Waals surface area (Å²) < 4.78 is 75.2. The average molecular weight is 547 g/mol. The highest BCUT2D eigenvalue weighted by Gasteiger charge is 2.59. The van der Waals surface area contributed by atoms with Crippen LogP contribution in [0.15, 0.2) is 36.4 Å². The number of hydroxylamine groups is 2. The molecule has 0 aliphatic heterocycles. The van der Waals surface area contributed by atoms with Gasteiger partial charge >= 0.3 is 29.7 Å². The molecule has 0 amide bonds. The van der Waals surface area contributed by atoms with Gasteiger partial charge in [-0.2, -0.15) is 27.2 Å². The summed E-state index contributed by atoms with van der Waals surface area (Å²) in [6.45, 7) is 1.75. The normalized spacial score (nSPS) is 11.6. The molecule has 0 saturated heterocycles. The molecule has 2 aromatic rings. The van der Waals surface area contributed by atoms with Gasteiger partial charge in [-0.15, -0.1) is 5.06 Å². The van der Waals surface area contributed by atoms with Gasteiger partial charge in [-0.25, -0.2) is 4.79 Å². The molecule has 0 N–H and O–H groups in total. The number of alkyl halides is 5. The molecule has 0 atom stereocenters. The molecule has 16 heteroatoms. The quantitative estimate of drug-likeness (QED) is 0.127. The summed E-state index contributed by atoms with van der Waals surface area (Å²) in [6, 6.07) is 5.60. The standard InChI is InChI=1S/C22H18F5N3O8/c1-3-35-19(31)8-9-29(2)38-37-20(32)16-11-15(6-4-13(16)12-28)36-18-7-5-14(10-17(18)30(33)34)21(23,24)22(25,26)27/h4-7,10-11H,3,8-9H2,1-2H3. The minimum atomic E-state index is -6.00. The van der Waals surface area contributed by atoms with Crippen LogP contribution in [0.25, 0.3) is 0 Å². The number of ether oxygens (including phenoxy) is 2. The van der Waals surface area contributed by atoms with Crippen LogP contribution in [0.5, 0.6) is 11.5 Å². The maximum absolute atomic E-state index is 13.6. The maximum Gasteiger partial charge on any atom is 0.458 e. The van der Waals surface area contributed by atoms with Crippen molar-refractivity contribution in [3.05, 3.63) is 63.2 Å². The van der Waals surface area contributed by atoms with E-state index in [-0.39, 0.29) is 37.0 Å². The van der Waals surface area contributed by atoms with Gasteiger partial charge in [0, 0.05) is 25.2 Å². The number of hydrogen-bond donors (Lipinski definition) is 0. The summed E-state index contributed by atoms with van der Waals surface area (Å²) in [5.74, 6) is -8.17. The van der Waals surface area contributed by atoms with Crippen molar-refractivity contribution in [2.75, 3.05) is 20.2 Å². The molecule has 0 radical (unpaired) electrons. The Morgan fingerprint density at radius 3 is 2.39 bits per heavy atom. The fraction of sp³-hybridized carbons (Fsp3) is 0.318. The summed E-state index contributed by atoms with van der Waals surface area (Å²) in [7, 11) is 1.32. The molecule has 0 bridgehead atoms. The Bertz CT molecular complexity index is 1250. The Balaban J connectivity index is 2.25. The van der Waals surface area contributed by atoms with E-state index in [1.807, 2.05) is 0 Å². The average Bonchev–Trinajstić information content (AvgIpc) is 2.85. The zero-order valence-electron chi connectivity index (χ0n) is 19.6. The van der Waals surface area contributed by atoms with Crippen LogP contribution < -0.4 is 4.74 Å². The van der Waals surface area contributed by atoms with Gasteiger partial charge in [0.2, 0.25) is 5.75 Å². The zero-order valence-corrected chi connectivity index (χ0v) is 19.6. The lowest BCUT2D eigenvalue weighted by Gasteiger charge is -2.20. The Kier molecular flexibility index (Phi) is 9.63. The van der Waals surface area contributed by atoms with Crippen LogP contribution in [0.3, 0.4) is 0 Å². The van der Waals surface area contributed by atoms with Gasteiger partial charge in [-0.05, 0) is 37.3 Å². The monoisotopic (exact) mass is 547 g/mol. The first-order chi connectivity index (χ1) is 17.7. The van der Waals surface area contributed by atoms with Crippen molar-refractivity contribution in [2.45, 2.75) is 25.4 Å². The number of carbonyl (C=O) groups is 2. The Morgan fingerprint density at radius 1 is 1.13 bits per heavy atom. The predicted octanol–water partition coefficient (Wildman–Crippen LogP) is 4.80. The number of carbonyl (C=O) groups excluding carboxylic acids is 2. The fourth-order valence-corrected chi connectivity index (χ4v) is 2.75. The highest BCUT2D eigenvalue weighted by atomic mass is 19.4. The van der Waals surface area contributed by atoms with Crippen molar-refractivity contribution in [2.24, 2.45) is 0 Å². The maximum atomic E-state index is 13.6. The Morgan fingerprint density at radius 2 is 1.82 bits per heavy atom. The van der Waals surface area contributed by atoms with Crippen LogP contribution in [-0.4, -0.2) is 48.3 Å². The molecule has 0 saturated carbocycles. The SMILES string of the molecule is CCOC(=O)CCN(C)OOC(=O)c1cc(Oc2ccc(C(F)(F)C(F)(F)F)cc2[N+](=O)[O-])ccc1C#N. The summed E-state index contributed by atoms with van der Waals surface area (Å²) in [4.78, 5) is 43.2. The van der Waals surface area contributed by atoms with E-state index < -0.39 is 51.5 Å². The summed E-state index contributed by atoms with van der Waals surface area (Å²) in [5.41, 5.74) is -3.58. The summed E-state index contributed by atoms with van der Waals surface area (Å²) >= 11 is 0. The fourth-order valence-electron chi connectivity index (χ4n) is 2.75. The van der Waals surface area contributed by atoms with Crippen LogP contribution in [0, 0.1) is 21.4 Å². The lowest BCUT2D eigenvalue weighted by molar-refractivity contribution is -0.386. The number of nitro groups is 1. The number of benzene rings is 2. The minimum absolute atomic E-state index is 0.0155. The molecular weight excluding hydrogens is 529 g/mol. The van der Waals surface area contributed by atoms with Crippen LogP contribution in [0.2, 0.25) is 0 Å². The topological polar surface area (TPSA) is 141 Å². The number of nitriles is 1. The molecule has 0 spiro atoms. The third-order valence-electron chi connectivity index (χ3n) is 4.61. The van der Waals surface area contributed by atoms with Crippen molar-refractivity contribution in [1.82, 2.24) is 5.06 Å². The van der Waals surface area contributed by atoms with Crippen molar-refractivity contribution in [1.29, 1.82) is 5.26 Å². The van der Waals surface area contributed by atoms with E-state index in [1.54, 1.807) is 13.0 Å². The van der Waals surface area contributed by atoms with Crippen molar-refractivity contribution >= 4 is 17.6 Å². The molecular formula is C22H18F5N3O8. The molecule has 2 rings (SSSR count). The summed E-state index contributed by atoms with van der Waals surface area (Å²) in [6.07, 6.45) is -6.10. The molecule has 11 nitrogen and oxygen atoms in total. The van der Waals surface area contributed by atoms with Gasteiger partial charge in [-0.3, -0.25) is 19.8 Å². The second-order valence-electron chi connectivity index (χ2n) is 7.28. The van der Waals surface area contributed by atoms with E-state index in [0.29, 0.717) is 12.1 Å². The Labute approximate surface area is 210 Å². The van der Waals surface area contributed by atoms with Crippen LogP contribution in [0.4, 0.5) is 27.6 Å². The van der Waals surface area contributed by atoms with Gasteiger partial charge in [0.1, 0.15) is 11.8 Å². The van der Waals surface area contributed by atoms with Crippen LogP contribution in [-0.2, 0) is 25.3 Å². The smallest absolute Gasteiger partial charge is 0.458 e. The van der Waals surface area contributed by atoms with E-state index in [4.69, 9.17) is 14.5 Å². The molecule has 0 aromatic heterocycles. The zero-order chi connectivity index (χ0) is 28.7. The van der Waals surface area contributed by atoms with E-state index in [1.165, 1.54) is 7.05 Å². The first-order valence-corrected chi connectivity index (χ1v) is 10.4. The predicted molar refractivity (Wildman–Crippen MR) is 115 cm³/mol. The number of nitrogens with zero attached hydrogens (tertiary/aromatic N) is 3. The molecule has 2 aromatic carbocycles. The number of nitro benzene ring substituents is 1. The number of esters is 1. The van der Waals surface area contributed by atoms with Crippen LogP contribution in [0.1, 0.15) is 34.8 Å². The highest BCUT2D eigenvalue weighted by Crippen LogP contribution is 2.46. The van der Waals surface area contributed by atoms with Gasteiger partial charge < -0.3 is 9.47 Å². The summed E-state index contributed by atoms with van der Waals surface area (Å²) in [5, 5.41) is 21.6. The minimum Gasteiger partial charge on any atom is -0.466 e. The highest BCUT2D eigenvalue weighted by molar-refractivity contribution is 5.92. The second kappa shape index (κ2) is 12.3. The second-order valence-corrected chi connectivity index (χ2v) is 7.28. The number of halogens is 5. The molecule has 0 fully saturated rings. The van der Waals surface area contributed by atoms with Gasteiger partial charge in [-0.1, -0.05) is 4.99 Å². The van der Waals surface area contributed by atoms with Crippen molar-refractivity contribution in [3.8, 4) is 17.6 Å². The molecule has 0 aliphatic rings. The largest absolute Gasteiger partial charge is 0.466 e. The lowest BCUT2D eigenvalue weighted by atomic mass is 10.1. The van der Waals surface area contributed by atoms with E-state index in [2.05, 4.69) is 4.89 Å². The third-order valence-corrected chi connectivity index (χ3v) is 4.61. The van der Waals surface area contributed by atoms with E-state index in [9.17, 15) is 46.9 Å². The molecule has 204 valence electrons. The first kappa shape index (κ1) is 29.9. The number of rotatable bonds is 11. The van der Waals surface area contributed by atoms with Gasteiger partial charge in [0.05, 0.1) is 29.1 Å². The first-order valence-electron chi connectivity index (χ1n) is 10.4. The van der Waals surface area contributed by atoms with Crippen molar-refractivity contribution < 1.29 is 55.8 Å². The van der Waals surface area contributed by atoms with E-state index >= 15 is 0 Å². The van der Waals surface area contributed by atoms with Crippen molar-refractivity contribution in [3.63, 3.8) is 0 Å². The number of hydrogen-bond acceptors (Lipinski definition) is 10. The molecule has 38 heavy (non-hydrogen) atoms. The Hall–Kier alpha value is -4.36. The van der Waals surface area contributed by atoms with Gasteiger partial charge in [0.15, 0.2) is 0 Å².